The minimum atomic E-state index is -0.232. The molecule has 0 saturated heterocycles. The van der Waals surface area contributed by atoms with Gasteiger partial charge in [0, 0.05) is 0 Å². The third kappa shape index (κ3) is 4.87. The summed E-state index contributed by atoms with van der Waals surface area (Å²) in [5.41, 5.74) is 7.11. The van der Waals surface area contributed by atoms with Crippen LogP contribution in [0.25, 0.3) is 0 Å². The normalized spacial score (nSPS) is 11.3. The number of hydrogen-bond donors (Lipinski definition) is 1. The number of carbonyl (C=O) groups is 1. The summed E-state index contributed by atoms with van der Waals surface area (Å²) in [4.78, 5) is 15.3. The molecule has 0 unspecified atom stereocenters. The molecule has 0 saturated carbocycles. The molecule has 0 fully saturated rings. The molecular formula is C12H15ClN2O2. The number of esters is 1. The summed E-state index contributed by atoms with van der Waals surface area (Å²) in [6.07, 6.45) is 0.267. The first-order valence-corrected chi connectivity index (χ1v) is 5.82. The van der Waals surface area contributed by atoms with E-state index in [-0.39, 0.29) is 18.3 Å². The highest BCUT2D eigenvalue weighted by Gasteiger charge is 2.03. The summed E-state index contributed by atoms with van der Waals surface area (Å²) in [5, 5.41) is 0. The lowest BCUT2D eigenvalue weighted by molar-refractivity contribution is -0.142. The maximum absolute atomic E-state index is 11.2. The first kappa shape index (κ1) is 13.5. The number of aliphatic imine (C=N–C) groups is 1. The number of nitrogens with zero attached hydrogens (tertiary/aromatic N) is 1. The smallest absolute Gasteiger partial charge is 0.310 e. The van der Waals surface area contributed by atoms with Crippen LogP contribution in [0.5, 0.6) is 0 Å². The van der Waals surface area contributed by atoms with Gasteiger partial charge in [-0.3, -0.25) is 4.79 Å². The third-order valence-electron chi connectivity index (χ3n) is 2.00. The standard InChI is InChI=1S/C12H15ClN2O2/c1-2-17-12(16)7-9-3-5-10(6-4-9)15-11(14)8-13/h3-6H,2,7-8H2,1H3,(H2,14,15). The van der Waals surface area contributed by atoms with Crippen LogP contribution < -0.4 is 5.73 Å². The monoisotopic (exact) mass is 254 g/mol. The van der Waals surface area contributed by atoms with E-state index < -0.39 is 0 Å². The van der Waals surface area contributed by atoms with Gasteiger partial charge in [-0.1, -0.05) is 12.1 Å². The van der Waals surface area contributed by atoms with Crippen molar-refractivity contribution < 1.29 is 9.53 Å². The van der Waals surface area contributed by atoms with Crippen LogP contribution in [0.15, 0.2) is 29.3 Å². The van der Waals surface area contributed by atoms with E-state index in [1.165, 1.54) is 0 Å². The van der Waals surface area contributed by atoms with Crippen LogP contribution in [0.3, 0.4) is 0 Å². The molecule has 0 aliphatic rings. The van der Waals surface area contributed by atoms with Gasteiger partial charge in [-0.05, 0) is 24.6 Å². The zero-order valence-electron chi connectivity index (χ0n) is 9.65. The first-order chi connectivity index (χ1) is 8.15. The van der Waals surface area contributed by atoms with Crippen molar-refractivity contribution in [1.82, 2.24) is 0 Å². The van der Waals surface area contributed by atoms with E-state index in [0.29, 0.717) is 12.4 Å². The van der Waals surface area contributed by atoms with E-state index in [1.807, 2.05) is 12.1 Å². The number of carbonyl (C=O) groups excluding carboxylic acids is 1. The Hall–Kier alpha value is -1.55. The van der Waals surface area contributed by atoms with Gasteiger partial charge in [-0.15, -0.1) is 11.6 Å². The average molecular weight is 255 g/mol. The zero-order valence-corrected chi connectivity index (χ0v) is 10.4. The lowest BCUT2D eigenvalue weighted by atomic mass is 10.1. The van der Waals surface area contributed by atoms with E-state index in [9.17, 15) is 4.79 Å². The fraction of sp³-hybridized carbons (Fsp3) is 0.333. The third-order valence-corrected chi connectivity index (χ3v) is 2.27. The Morgan fingerprint density at radius 3 is 2.59 bits per heavy atom. The van der Waals surface area contributed by atoms with Gasteiger partial charge in [0.1, 0.15) is 5.84 Å². The van der Waals surface area contributed by atoms with Crippen LogP contribution in [0.2, 0.25) is 0 Å². The SMILES string of the molecule is CCOC(=O)Cc1ccc(N=C(N)CCl)cc1. The Labute approximate surface area is 105 Å². The summed E-state index contributed by atoms with van der Waals surface area (Å²) in [5.74, 6) is 0.332. The molecule has 1 rings (SSSR count). The summed E-state index contributed by atoms with van der Waals surface area (Å²) in [6.45, 7) is 2.18. The first-order valence-electron chi connectivity index (χ1n) is 5.29. The lowest BCUT2D eigenvalue weighted by Gasteiger charge is -2.02. The van der Waals surface area contributed by atoms with Crippen molar-refractivity contribution in [3.8, 4) is 0 Å². The minimum absolute atomic E-state index is 0.199. The summed E-state index contributed by atoms with van der Waals surface area (Å²) >= 11 is 5.52. The van der Waals surface area contributed by atoms with Crippen molar-refractivity contribution in [2.24, 2.45) is 10.7 Å². The Kier molecular flexibility index (Phi) is 5.49. The average Bonchev–Trinajstić information content (AvgIpc) is 2.32. The fourth-order valence-electron chi connectivity index (χ4n) is 1.26. The largest absolute Gasteiger partial charge is 0.466 e. The zero-order chi connectivity index (χ0) is 12.7. The van der Waals surface area contributed by atoms with Crippen LogP contribution >= 0.6 is 11.6 Å². The Balaban J connectivity index is 2.65. The molecule has 0 amide bonds. The second kappa shape index (κ2) is 6.91. The van der Waals surface area contributed by atoms with E-state index in [1.54, 1.807) is 19.1 Å². The molecule has 0 radical (unpaired) electrons. The quantitative estimate of drug-likeness (QED) is 0.378. The molecule has 4 nitrogen and oxygen atoms in total. The molecule has 1 aromatic carbocycles. The summed E-state index contributed by atoms with van der Waals surface area (Å²) < 4.78 is 4.85. The van der Waals surface area contributed by atoms with Gasteiger partial charge in [-0.2, -0.15) is 0 Å². The molecule has 0 atom stereocenters. The van der Waals surface area contributed by atoms with Crippen LogP contribution in [0.4, 0.5) is 5.69 Å². The van der Waals surface area contributed by atoms with E-state index in [2.05, 4.69) is 4.99 Å². The van der Waals surface area contributed by atoms with Gasteiger partial charge in [0.15, 0.2) is 0 Å². The van der Waals surface area contributed by atoms with Crippen molar-refractivity contribution in [3.05, 3.63) is 29.8 Å². The van der Waals surface area contributed by atoms with Gasteiger partial charge >= 0.3 is 5.97 Å². The topological polar surface area (TPSA) is 64.7 Å². The second-order valence-electron chi connectivity index (χ2n) is 3.39. The number of nitrogens with two attached hydrogens (primary N) is 1. The molecule has 0 aliphatic heterocycles. The van der Waals surface area contributed by atoms with E-state index in [0.717, 1.165) is 11.3 Å². The molecule has 0 spiro atoms. The Morgan fingerprint density at radius 2 is 2.06 bits per heavy atom. The van der Waals surface area contributed by atoms with Crippen molar-refractivity contribution in [2.75, 3.05) is 12.5 Å². The molecule has 0 aliphatic carbocycles. The highest BCUT2D eigenvalue weighted by molar-refractivity contribution is 6.28. The fourth-order valence-corrected chi connectivity index (χ4v) is 1.32. The Bertz CT molecular complexity index is 401. The van der Waals surface area contributed by atoms with Gasteiger partial charge < -0.3 is 10.5 Å². The van der Waals surface area contributed by atoms with Crippen molar-refractivity contribution in [1.29, 1.82) is 0 Å². The number of ether oxygens (including phenoxy) is 1. The molecular weight excluding hydrogens is 240 g/mol. The number of rotatable bonds is 5. The number of alkyl halides is 1. The predicted molar refractivity (Wildman–Crippen MR) is 68.8 cm³/mol. The minimum Gasteiger partial charge on any atom is -0.466 e. The number of amidine groups is 1. The van der Waals surface area contributed by atoms with Crippen molar-refractivity contribution >= 4 is 29.1 Å². The molecule has 5 heteroatoms. The van der Waals surface area contributed by atoms with E-state index >= 15 is 0 Å². The van der Waals surface area contributed by atoms with Crippen molar-refractivity contribution in [3.63, 3.8) is 0 Å². The molecule has 0 aromatic heterocycles. The highest BCUT2D eigenvalue weighted by atomic mass is 35.5. The van der Waals surface area contributed by atoms with Gasteiger partial charge in [-0.25, -0.2) is 4.99 Å². The predicted octanol–water partition coefficient (Wildman–Crippen LogP) is 2.02. The lowest BCUT2D eigenvalue weighted by Crippen LogP contribution is -2.12. The van der Waals surface area contributed by atoms with Crippen LogP contribution in [-0.4, -0.2) is 24.3 Å². The van der Waals surface area contributed by atoms with Crippen molar-refractivity contribution in [2.45, 2.75) is 13.3 Å². The van der Waals surface area contributed by atoms with Crippen LogP contribution in [0, 0.1) is 0 Å². The molecule has 0 bridgehead atoms. The van der Waals surface area contributed by atoms with Gasteiger partial charge in [0.25, 0.3) is 0 Å². The number of halogens is 1. The van der Waals surface area contributed by atoms with Gasteiger partial charge in [0.05, 0.1) is 24.6 Å². The molecule has 2 N–H and O–H groups in total. The highest BCUT2D eigenvalue weighted by Crippen LogP contribution is 2.13. The Morgan fingerprint density at radius 1 is 1.41 bits per heavy atom. The van der Waals surface area contributed by atoms with Crippen LogP contribution in [0.1, 0.15) is 12.5 Å². The maximum atomic E-state index is 11.2. The number of benzene rings is 1. The summed E-state index contributed by atoms with van der Waals surface area (Å²) in [6, 6.07) is 7.20. The van der Waals surface area contributed by atoms with Gasteiger partial charge in [0.2, 0.25) is 0 Å². The molecule has 92 valence electrons. The van der Waals surface area contributed by atoms with Crippen LogP contribution in [-0.2, 0) is 16.0 Å². The number of hydrogen-bond acceptors (Lipinski definition) is 3. The second-order valence-corrected chi connectivity index (χ2v) is 3.65. The molecule has 17 heavy (non-hydrogen) atoms. The van der Waals surface area contributed by atoms with E-state index in [4.69, 9.17) is 22.1 Å². The summed E-state index contributed by atoms with van der Waals surface area (Å²) in [7, 11) is 0. The molecule has 1 aromatic rings. The molecule has 0 heterocycles. The maximum Gasteiger partial charge on any atom is 0.310 e.